The predicted octanol–water partition coefficient (Wildman–Crippen LogP) is 1.31. The number of β-amino-alcohol motifs (C(OH)–C–C–N with tert-alkyl or cyclic N) is 1. The van der Waals surface area contributed by atoms with E-state index in [-0.39, 0.29) is 29.0 Å². The van der Waals surface area contributed by atoms with Gasteiger partial charge in [-0.15, -0.1) is 0 Å². The van der Waals surface area contributed by atoms with Gasteiger partial charge in [0.15, 0.2) is 0 Å². The lowest BCUT2D eigenvalue weighted by atomic mass is 9.92. The molecule has 4 rings (SSSR count). The second kappa shape index (κ2) is 7.86. The molecule has 4 heterocycles. The number of hydrogen-bond donors (Lipinski definition) is 2. The number of nitrogens with zero attached hydrogens (tertiary/aromatic N) is 5. The number of amides is 1. The highest BCUT2D eigenvalue weighted by molar-refractivity contribution is 5.92. The molecule has 2 atom stereocenters. The van der Waals surface area contributed by atoms with Gasteiger partial charge in [-0.05, 0) is 25.3 Å². The molecule has 9 nitrogen and oxygen atoms in total. The summed E-state index contributed by atoms with van der Waals surface area (Å²) in [7, 11) is 0. The van der Waals surface area contributed by atoms with Crippen molar-refractivity contribution in [2.75, 3.05) is 31.1 Å². The number of aliphatic hydroxyl groups is 1. The smallest absolute Gasteiger partial charge is 0.274 e. The fourth-order valence-corrected chi connectivity index (χ4v) is 4.15. The maximum Gasteiger partial charge on any atom is 0.274 e. The number of H-pyrrole nitrogens is 1. The first-order valence-electron chi connectivity index (χ1n) is 10.6. The number of piperidine rings is 1. The molecule has 0 aromatic carbocycles. The summed E-state index contributed by atoms with van der Waals surface area (Å²) in [6, 6.07) is 3.24. The Balaban J connectivity index is 1.48. The van der Waals surface area contributed by atoms with Gasteiger partial charge in [-0.25, -0.2) is 4.68 Å². The average Bonchev–Trinajstić information content (AvgIpc) is 3.36. The van der Waals surface area contributed by atoms with Crippen LogP contribution in [0.15, 0.2) is 23.1 Å². The van der Waals surface area contributed by atoms with Crippen LogP contribution in [0.4, 0.5) is 5.69 Å². The number of carbonyl (C=O) groups is 1. The summed E-state index contributed by atoms with van der Waals surface area (Å²) in [6.45, 7) is 8.52. The monoisotopic (exact) mass is 414 g/mol. The molecular weight excluding hydrogens is 384 g/mol. The fourth-order valence-electron chi connectivity index (χ4n) is 4.15. The molecule has 30 heavy (non-hydrogen) atoms. The number of likely N-dealkylation sites (tertiary alicyclic amines) is 1. The second-order valence-corrected chi connectivity index (χ2v) is 9.35. The third-order valence-corrected chi connectivity index (χ3v) is 5.97. The standard InChI is InChI=1S/C21H30N6O3/c1-21(2,3)18-10-17(23-24-18)20(30)26-7-4-5-14(12-26)27-19(29)9-15(11-22-27)25-8-6-16(28)13-25/h9-11,14,16,28H,4-8,12-13H2,1-3H3,(H,23,24)/t14?,16-/m0/s1. The minimum absolute atomic E-state index is 0.111. The van der Waals surface area contributed by atoms with Crippen LogP contribution >= 0.6 is 0 Å². The first-order chi connectivity index (χ1) is 14.2. The highest BCUT2D eigenvalue weighted by atomic mass is 16.3. The number of nitrogens with one attached hydrogen (secondary N) is 1. The number of anilines is 1. The van der Waals surface area contributed by atoms with Gasteiger partial charge in [0.1, 0.15) is 5.69 Å². The zero-order valence-electron chi connectivity index (χ0n) is 17.8. The molecule has 2 N–H and O–H groups in total. The van der Waals surface area contributed by atoms with Crippen LogP contribution in [0.5, 0.6) is 0 Å². The maximum atomic E-state index is 13.0. The molecule has 2 aliphatic heterocycles. The van der Waals surface area contributed by atoms with Crippen LogP contribution in [-0.4, -0.2) is 68.2 Å². The lowest BCUT2D eigenvalue weighted by molar-refractivity contribution is 0.0664. The van der Waals surface area contributed by atoms with Crippen LogP contribution in [0.25, 0.3) is 0 Å². The van der Waals surface area contributed by atoms with E-state index in [0.29, 0.717) is 31.7 Å². The molecule has 2 aliphatic rings. The summed E-state index contributed by atoms with van der Waals surface area (Å²) in [5.41, 5.74) is 1.77. The van der Waals surface area contributed by atoms with Gasteiger partial charge >= 0.3 is 0 Å². The lowest BCUT2D eigenvalue weighted by Gasteiger charge is -2.32. The van der Waals surface area contributed by atoms with E-state index in [9.17, 15) is 14.7 Å². The maximum absolute atomic E-state index is 13.0. The van der Waals surface area contributed by atoms with Crippen LogP contribution in [-0.2, 0) is 5.41 Å². The Labute approximate surface area is 175 Å². The molecule has 2 aromatic heterocycles. The van der Waals surface area contributed by atoms with Crippen LogP contribution in [0.1, 0.15) is 62.3 Å². The number of aromatic nitrogens is 4. The molecule has 0 saturated carbocycles. The zero-order valence-corrected chi connectivity index (χ0v) is 17.8. The number of carbonyl (C=O) groups excluding carboxylic acids is 1. The van der Waals surface area contributed by atoms with Crippen LogP contribution in [0.3, 0.4) is 0 Å². The molecule has 0 spiro atoms. The normalized spacial score (nSPS) is 22.5. The van der Waals surface area contributed by atoms with Crippen molar-refractivity contribution in [2.45, 2.75) is 57.6 Å². The molecular formula is C21H30N6O3. The minimum atomic E-state index is -0.355. The summed E-state index contributed by atoms with van der Waals surface area (Å²) in [5.74, 6) is -0.123. The van der Waals surface area contributed by atoms with Crippen molar-refractivity contribution < 1.29 is 9.90 Å². The Morgan fingerprint density at radius 1 is 1.20 bits per heavy atom. The Hall–Kier alpha value is -2.68. The number of rotatable bonds is 3. The van der Waals surface area contributed by atoms with Crippen LogP contribution in [0, 0.1) is 0 Å². The molecule has 1 unspecified atom stereocenters. The van der Waals surface area contributed by atoms with Crippen molar-refractivity contribution in [3.63, 3.8) is 0 Å². The van der Waals surface area contributed by atoms with Crippen molar-refractivity contribution >= 4 is 11.6 Å². The first-order valence-corrected chi connectivity index (χ1v) is 10.6. The van der Waals surface area contributed by atoms with E-state index in [2.05, 4.69) is 36.1 Å². The minimum Gasteiger partial charge on any atom is -0.391 e. The topological polar surface area (TPSA) is 107 Å². The van der Waals surface area contributed by atoms with E-state index in [1.807, 2.05) is 11.0 Å². The summed E-state index contributed by atoms with van der Waals surface area (Å²) in [6.07, 6.45) is 3.63. The third kappa shape index (κ3) is 4.12. The number of aromatic amines is 1. The highest BCUT2D eigenvalue weighted by Gasteiger charge is 2.29. The SMILES string of the molecule is CC(C)(C)c1cc(C(=O)N2CCCC(n3ncc(N4CC[C@H](O)C4)cc3=O)C2)n[nH]1. The van der Waals surface area contributed by atoms with Crippen molar-refractivity contribution in [3.8, 4) is 0 Å². The molecule has 0 aliphatic carbocycles. The van der Waals surface area contributed by atoms with E-state index in [1.165, 1.54) is 4.68 Å². The quantitative estimate of drug-likeness (QED) is 0.784. The molecule has 2 fully saturated rings. The molecule has 2 aromatic rings. The van der Waals surface area contributed by atoms with Crippen molar-refractivity contribution in [1.29, 1.82) is 0 Å². The van der Waals surface area contributed by atoms with Gasteiger partial charge in [0.2, 0.25) is 0 Å². The van der Waals surface area contributed by atoms with Gasteiger partial charge in [0, 0.05) is 43.4 Å². The summed E-state index contributed by atoms with van der Waals surface area (Å²) < 4.78 is 1.49. The van der Waals surface area contributed by atoms with Crippen molar-refractivity contribution in [3.05, 3.63) is 40.1 Å². The van der Waals surface area contributed by atoms with Gasteiger partial charge in [0.25, 0.3) is 11.5 Å². The van der Waals surface area contributed by atoms with E-state index in [0.717, 1.165) is 30.8 Å². The van der Waals surface area contributed by atoms with E-state index >= 15 is 0 Å². The third-order valence-electron chi connectivity index (χ3n) is 5.97. The average molecular weight is 415 g/mol. The van der Waals surface area contributed by atoms with E-state index < -0.39 is 0 Å². The first kappa shape index (κ1) is 20.6. The van der Waals surface area contributed by atoms with Gasteiger partial charge in [-0.3, -0.25) is 14.7 Å². The molecule has 1 amide bonds. The van der Waals surface area contributed by atoms with Crippen LogP contribution < -0.4 is 10.5 Å². The summed E-state index contributed by atoms with van der Waals surface area (Å²) in [4.78, 5) is 29.4. The molecule has 0 bridgehead atoms. The van der Waals surface area contributed by atoms with E-state index in [4.69, 9.17) is 0 Å². The number of hydrogen-bond acceptors (Lipinski definition) is 6. The van der Waals surface area contributed by atoms with Crippen molar-refractivity contribution in [2.24, 2.45) is 0 Å². The van der Waals surface area contributed by atoms with Gasteiger partial charge in [-0.1, -0.05) is 20.8 Å². The van der Waals surface area contributed by atoms with Crippen LogP contribution in [0.2, 0.25) is 0 Å². The van der Waals surface area contributed by atoms with Gasteiger partial charge < -0.3 is 14.9 Å². The number of aliphatic hydroxyl groups excluding tert-OH is 1. The van der Waals surface area contributed by atoms with Gasteiger partial charge in [-0.2, -0.15) is 10.2 Å². The van der Waals surface area contributed by atoms with Crippen molar-refractivity contribution in [1.82, 2.24) is 24.9 Å². The summed E-state index contributed by atoms with van der Waals surface area (Å²) >= 11 is 0. The lowest BCUT2D eigenvalue weighted by Crippen LogP contribution is -2.43. The Morgan fingerprint density at radius 3 is 2.63 bits per heavy atom. The highest BCUT2D eigenvalue weighted by Crippen LogP contribution is 2.24. The summed E-state index contributed by atoms with van der Waals surface area (Å²) in [5, 5.41) is 21.3. The zero-order chi connectivity index (χ0) is 21.5. The molecule has 9 heteroatoms. The van der Waals surface area contributed by atoms with E-state index in [1.54, 1.807) is 17.2 Å². The molecule has 2 saturated heterocycles. The van der Waals surface area contributed by atoms with Gasteiger partial charge in [0.05, 0.1) is 24.0 Å². The molecule has 162 valence electrons. The predicted molar refractivity (Wildman–Crippen MR) is 113 cm³/mol. The Morgan fingerprint density at radius 2 is 2.00 bits per heavy atom. The Kier molecular flexibility index (Phi) is 5.40. The molecule has 0 radical (unpaired) electrons. The Bertz CT molecular complexity index is 976. The fraction of sp³-hybridized carbons (Fsp3) is 0.619. The second-order valence-electron chi connectivity index (χ2n) is 9.35. The largest absolute Gasteiger partial charge is 0.391 e.